The first-order valence-corrected chi connectivity index (χ1v) is 9.64. The Labute approximate surface area is 160 Å². The van der Waals surface area contributed by atoms with Gasteiger partial charge in [0.2, 0.25) is 11.5 Å². The molecule has 0 aliphatic heterocycles. The summed E-state index contributed by atoms with van der Waals surface area (Å²) in [5.41, 5.74) is 1.56. The quantitative estimate of drug-likeness (QED) is 0.399. The van der Waals surface area contributed by atoms with Gasteiger partial charge in [-0.3, -0.25) is 0 Å². The molecule has 0 aromatic heterocycles. The molecular formula is C22H38O4. The fraction of sp³-hybridized carbons (Fsp3) is 0.727. The van der Waals surface area contributed by atoms with E-state index >= 15 is 0 Å². The van der Waals surface area contributed by atoms with Crippen molar-refractivity contribution in [2.45, 2.75) is 93.3 Å². The van der Waals surface area contributed by atoms with E-state index in [0.29, 0.717) is 23.3 Å². The van der Waals surface area contributed by atoms with Gasteiger partial charge < -0.3 is 9.78 Å². The Bertz CT molecular complexity index is 563. The highest BCUT2D eigenvalue weighted by Gasteiger charge is 2.23. The molecule has 0 saturated carbocycles. The minimum Gasteiger partial charge on any atom is -0.333 e. The molecule has 0 amide bonds. The van der Waals surface area contributed by atoms with E-state index in [-0.39, 0.29) is 0 Å². The van der Waals surface area contributed by atoms with Gasteiger partial charge in [0.05, 0.1) is 0 Å². The van der Waals surface area contributed by atoms with Crippen LogP contribution in [0.1, 0.15) is 80.4 Å². The van der Waals surface area contributed by atoms with Crippen LogP contribution in [0.2, 0.25) is 0 Å². The van der Waals surface area contributed by atoms with Crippen LogP contribution in [0, 0.1) is 11.8 Å². The van der Waals surface area contributed by atoms with Crippen LogP contribution in [0.3, 0.4) is 0 Å². The summed E-state index contributed by atoms with van der Waals surface area (Å²) in [5, 5.41) is 0. The molecule has 0 bridgehead atoms. The Hall–Kier alpha value is -1.26. The second-order valence-corrected chi connectivity index (χ2v) is 9.78. The zero-order chi connectivity index (χ0) is 20.1. The lowest BCUT2D eigenvalue weighted by molar-refractivity contribution is -0.292. The second kappa shape index (κ2) is 9.09. The van der Waals surface area contributed by atoms with E-state index < -0.39 is 11.2 Å². The van der Waals surface area contributed by atoms with E-state index in [1.807, 2.05) is 47.6 Å². The number of benzene rings is 1. The van der Waals surface area contributed by atoms with Gasteiger partial charge in [0, 0.05) is 5.56 Å². The lowest BCUT2D eigenvalue weighted by Crippen LogP contribution is -2.24. The molecule has 1 rings (SSSR count). The first-order valence-electron chi connectivity index (χ1n) is 9.64. The van der Waals surface area contributed by atoms with Gasteiger partial charge in [0.1, 0.15) is 11.2 Å². The molecule has 4 nitrogen and oxygen atoms in total. The van der Waals surface area contributed by atoms with Gasteiger partial charge in [0.25, 0.3) is 0 Å². The zero-order valence-corrected chi connectivity index (χ0v) is 18.4. The molecule has 0 unspecified atom stereocenters. The van der Waals surface area contributed by atoms with E-state index in [1.54, 1.807) is 0 Å². The predicted octanol–water partition coefficient (Wildman–Crippen LogP) is 6.30. The number of rotatable bonds is 8. The predicted molar refractivity (Wildman–Crippen MR) is 106 cm³/mol. The van der Waals surface area contributed by atoms with E-state index in [9.17, 15) is 0 Å². The van der Waals surface area contributed by atoms with E-state index in [2.05, 4.69) is 33.8 Å². The van der Waals surface area contributed by atoms with Gasteiger partial charge in [-0.25, -0.2) is 0 Å². The summed E-state index contributed by atoms with van der Waals surface area (Å²) in [4.78, 5) is 22.6. The minimum absolute atomic E-state index is 0.420. The van der Waals surface area contributed by atoms with E-state index in [1.165, 1.54) is 5.56 Å². The molecule has 0 atom stereocenters. The van der Waals surface area contributed by atoms with Gasteiger partial charge in [-0.2, -0.15) is 9.78 Å². The third kappa shape index (κ3) is 8.41. The lowest BCUT2D eigenvalue weighted by Gasteiger charge is -2.24. The van der Waals surface area contributed by atoms with Crippen LogP contribution >= 0.6 is 0 Å². The lowest BCUT2D eigenvalue weighted by atomic mass is 9.92. The molecule has 0 aliphatic rings. The smallest absolute Gasteiger partial charge is 0.214 e. The molecule has 26 heavy (non-hydrogen) atoms. The Morgan fingerprint density at radius 2 is 1.23 bits per heavy atom. The fourth-order valence-electron chi connectivity index (χ4n) is 2.40. The SMILES string of the molecule is CC(C)Cc1ccc(OOC(C)(C)C)c(OOC(C)(C)C)c1CC(C)C. The third-order valence-electron chi connectivity index (χ3n) is 3.32. The van der Waals surface area contributed by atoms with Crippen molar-refractivity contribution in [3.8, 4) is 11.5 Å². The Balaban J connectivity index is 3.33. The molecule has 0 aliphatic carbocycles. The summed E-state index contributed by atoms with van der Waals surface area (Å²) in [7, 11) is 0. The van der Waals surface area contributed by atoms with Crippen LogP contribution in [0.5, 0.6) is 11.5 Å². The van der Waals surface area contributed by atoms with Crippen molar-refractivity contribution >= 4 is 0 Å². The van der Waals surface area contributed by atoms with Crippen molar-refractivity contribution < 1.29 is 19.6 Å². The van der Waals surface area contributed by atoms with Crippen molar-refractivity contribution in [2.75, 3.05) is 0 Å². The Morgan fingerprint density at radius 3 is 1.69 bits per heavy atom. The van der Waals surface area contributed by atoms with E-state index in [4.69, 9.17) is 19.6 Å². The van der Waals surface area contributed by atoms with E-state index in [0.717, 1.165) is 18.4 Å². The highest BCUT2D eigenvalue weighted by atomic mass is 17.2. The maximum atomic E-state index is 5.82. The molecular weight excluding hydrogens is 328 g/mol. The van der Waals surface area contributed by atoms with Crippen LogP contribution in [-0.4, -0.2) is 11.2 Å². The average Bonchev–Trinajstić information content (AvgIpc) is 2.43. The standard InChI is InChI=1S/C22H38O4/c1-15(2)13-17-11-12-19(23-25-21(5,6)7)20(18(17)14-16(3)4)24-26-22(8,9)10/h11-12,15-16H,13-14H2,1-10H3. The van der Waals surface area contributed by atoms with Gasteiger partial charge in [-0.15, -0.1) is 0 Å². The summed E-state index contributed by atoms with van der Waals surface area (Å²) in [5.74, 6) is 2.20. The van der Waals surface area contributed by atoms with Gasteiger partial charge in [-0.1, -0.05) is 33.8 Å². The normalized spacial score (nSPS) is 12.8. The van der Waals surface area contributed by atoms with Crippen molar-refractivity contribution in [1.29, 1.82) is 0 Å². The van der Waals surface area contributed by atoms with Gasteiger partial charge in [-0.05, 0) is 77.8 Å². The molecule has 0 spiro atoms. The van der Waals surface area contributed by atoms with Crippen LogP contribution in [-0.2, 0) is 22.6 Å². The molecule has 1 aromatic carbocycles. The monoisotopic (exact) mass is 366 g/mol. The molecule has 4 heteroatoms. The molecule has 0 radical (unpaired) electrons. The zero-order valence-electron chi connectivity index (χ0n) is 18.4. The van der Waals surface area contributed by atoms with Crippen LogP contribution < -0.4 is 9.78 Å². The van der Waals surface area contributed by atoms with Gasteiger partial charge >= 0.3 is 0 Å². The Morgan fingerprint density at radius 1 is 0.731 bits per heavy atom. The maximum Gasteiger partial charge on any atom is 0.214 e. The maximum absolute atomic E-state index is 5.82. The third-order valence-corrected chi connectivity index (χ3v) is 3.32. The van der Waals surface area contributed by atoms with Crippen LogP contribution in [0.25, 0.3) is 0 Å². The first kappa shape index (κ1) is 22.8. The van der Waals surface area contributed by atoms with Crippen molar-refractivity contribution in [1.82, 2.24) is 0 Å². The van der Waals surface area contributed by atoms with Gasteiger partial charge in [0.15, 0.2) is 0 Å². The molecule has 0 heterocycles. The summed E-state index contributed by atoms with van der Waals surface area (Å²) >= 11 is 0. The summed E-state index contributed by atoms with van der Waals surface area (Å²) < 4.78 is 0. The second-order valence-electron chi connectivity index (χ2n) is 9.78. The summed E-state index contributed by atoms with van der Waals surface area (Å²) in [6.07, 6.45) is 1.87. The fourth-order valence-corrected chi connectivity index (χ4v) is 2.40. The largest absolute Gasteiger partial charge is 0.333 e. The van der Waals surface area contributed by atoms with Crippen LogP contribution in [0.4, 0.5) is 0 Å². The number of hydrogen-bond donors (Lipinski definition) is 0. The highest BCUT2D eigenvalue weighted by molar-refractivity contribution is 5.51. The topological polar surface area (TPSA) is 36.9 Å². The molecule has 0 saturated heterocycles. The van der Waals surface area contributed by atoms with Crippen LogP contribution in [0.15, 0.2) is 12.1 Å². The Kier molecular flexibility index (Phi) is 7.97. The average molecular weight is 367 g/mol. The van der Waals surface area contributed by atoms with Crippen molar-refractivity contribution in [3.63, 3.8) is 0 Å². The van der Waals surface area contributed by atoms with Crippen molar-refractivity contribution in [3.05, 3.63) is 23.3 Å². The summed E-state index contributed by atoms with van der Waals surface area (Å²) in [6.45, 7) is 20.6. The number of hydrogen-bond acceptors (Lipinski definition) is 4. The first-order chi connectivity index (χ1) is 11.8. The minimum atomic E-state index is -0.425. The molecule has 0 fully saturated rings. The molecule has 1 aromatic rings. The summed E-state index contributed by atoms with van der Waals surface area (Å²) in [6, 6.07) is 4.03. The van der Waals surface area contributed by atoms with Crippen molar-refractivity contribution in [2.24, 2.45) is 11.8 Å². The highest BCUT2D eigenvalue weighted by Crippen LogP contribution is 2.38. The molecule has 0 N–H and O–H groups in total. The molecule has 150 valence electrons.